The summed E-state index contributed by atoms with van der Waals surface area (Å²) in [7, 11) is -1.64. The molecule has 0 bridgehead atoms. The fourth-order valence-electron chi connectivity index (χ4n) is 1.08. The summed E-state index contributed by atoms with van der Waals surface area (Å²) in [4.78, 5) is 0. The number of aliphatic hydroxyl groups is 1. The number of hydrogen-bond donors (Lipinski definition) is 1. The highest BCUT2D eigenvalue weighted by atomic mass is 28.4. The van der Waals surface area contributed by atoms with Crippen molar-refractivity contribution in [1.82, 2.24) is 0 Å². The molecule has 0 aliphatic rings. The standard InChI is InChI=1S/C15H32O2Si/c1-13(9-10-15(5,6)12-16)11-17-18(7,8)14(2,3)4/h9,16H,10-12H2,1-8H3/b13-9+. The summed E-state index contributed by atoms with van der Waals surface area (Å²) in [6.45, 7) is 18.5. The molecule has 0 aliphatic heterocycles. The van der Waals surface area contributed by atoms with Crippen molar-refractivity contribution in [2.75, 3.05) is 13.2 Å². The van der Waals surface area contributed by atoms with E-state index >= 15 is 0 Å². The zero-order chi connectivity index (χ0) is 14.6. The summed E-state index contributed by atoms with van der Waals surface area (Å²) in [6.07, 6.45) is 3.10. The van der Waals surface area contributed by atoms with Crippen LogP contribution in [0.5, 0.6) is 0 Å². The van der Waals surface area contributed by atoms with Gasteiger partial charge < -0.3 is 9.53 Å². The first-order chi connectivity index (χ1) is 7.91. The topological polar surface area (TPSA) is 29.5 Å². The Hall–Kier alpha value is -0.123. The van der Waals surface area contributed by atoms with Gasteiger partial charge in [0.25, 0.3) is 0 Å². The molecule has 3 heteroatoms. The van der Waals surface area contributed by atoms with Gasteiger partial charge in [0.05, 0.1) is 6.61 Å². The predicted molar refractivity (Wildman–Crippen MR) is 82.4 cm³/mol. The van der Waals surface area contributed by atoms with Crippen molar-refractivity contribution in [2.45, 2.75) is 66.1 Å². The lowest BCUT2D eigenvalue weighted by atomic mass is 9.90. The lowest BCUT2D eigenvalue weighted by molar-refractivity contribution is 0.162. The van der Waals surface area contributed by atoms with E-state index in [1.54, 1.807) is 0 Å². The van der Waals surface area contributed by atoms with Crippen LogP contribution in [0, 0.1) is 5.41 Å². The second-order valence-corrected chi connectivity index (χ2v) is 12.4. The van der Waals surface area contributed by atoms with E-state index in [4.69, 9.17) is 4.43 Å². The Balaban J connectivity index is 4.35. The summed E-state index contributed by atoms with van der Waals surface area (Å²) in [5.74, 6) is 0. The SMILES string of the molecule is C/C(=C\CC(C)(C)CO)CO[Si](C)(C)C(C)(C)C. The first kappa shape index (κ1) is 17.9. The lowest BCUT2D eigenvalue weighted by Crippen LogP contribution is -2.41. The van der Waals surface area contributed by atoms with Crippen LogP contribution >= 0.6 is 0 Å². The monoisotopic (exact) mass is 272 g/mol. The molecule has 0 fully saturated rings. The second-order valence-electron chi connectivity index (χ2n) is 7.63. The Morgan fingerprint density at radius 2 is 1.67 bits per heavy atom. The van der Waals surface area contributed by atoms with Gasteiger partial charge in [-0.2, -0.15) is 0 Å². The van der Waals surface area contributed by atoms with Crippen LogP contribution in [0.1, 0.15) is 48.0 Å². The summed E-state index contributed by atoms with van der Waals surface area (Å²) < 4.78 is 6.16. The molecule has 0 aromatic rings. The molecule has 1 N–H and O–H groups in total. The minimum atomic E-state index is -1.64. The van der Waals surface area contributed by atoms with Gasteiger partial charge >= 0.3 is 0 Å². The minimum absolute atomic E-state index is 0.0295. The van der Waals surface area contributed by atoms with Crippen LogP contribution < -0.4 is 0 Å². The maximum atomic E-state index is 9.22. The fraction of sp³-hybridized carbons (Fsp3) is 0.867. The van der Waals surface area contributed by atoms with Crippen molar-refractivity contribution in [3.63, 3.8) is 0 Å². The number of hydrogen-bond acceptors (Lipinski definition) is 2. The van der Waals surface area contributed by atoms with E-state index in [-0.39, 0.29) is 17.1 Å². The molecular weight excluding hydrogens is 240 g/mol. The van der Waals surface area contributed by atoms with Crippen molar-refractivity contribution >= 4 is 8.32 Å². The number of aliphatic hydroxyl groups excluding tert-OH is 1. The summed E-state index contributed by atoms with van der Waals surface area (Å²) in [5.41, 5.74) is 1.24. The molecule has 0 amide bonds. The highest BCUT2D eigenvalue weighted by Crippen LogP contribution is 2.36. The molecule has 0 saturated heterocycles. The third-order valence-electron chi connectivity index (χ3n) is 3.90. The third kappa shape index (κ3) is 6.16. The van der Waals surface area contributed by atoms with Gasteiger partial charge in [0.1, 0.15) is 0 Å². The Morgan fingerprint density at radius 3 is 2.06 bits per heavy atom. The normalized spacial score (nSPS) is 15.1. The Morgan fingerprint density at radius 1 is 1.17 bits per heavy atom. The van der Waals surface area contributed by atoms with Gasteiger partial charge in [0, 0.05) is 6.61 Å². The van der Waals surface area contributed by atoms with Gasteiger partial charge in [-0.05, 0) is 36.9 Å². The van der Waals surface area contributed by atoms with Crippen LogP contribution in [0.3, 0.4) is 0 Å². The van der Waals surface area contributed by atoms with Crippen molar-refractivity contribution in [1.29, 1.82) is 0 Å². The predicted octanol–water partition coefficient (Wildman–Crippen LogP) is 4.36. The summed E-state index contributed by atoms with van der Waals surface area (Å²) >= 11 is 0. The fourth-order valence-corrected chi connectivity index (χ4v) is 2.11. The maximum Gasteiger partial charge on any atom is 0.192 e. The Kier molecular flexibility index (Phi) is 6.31. The smallest absolute Gasteiger partial charge is 0.192 e. The molecule has 0 aliphatic carbocycles. The minimum Gasteiger partial charge on any atom is -0.413 e. The van der Waals surface area contributed by atoms with Crippen LogP contribution in [0.15, 0.2) is 11.6 Å². The zero-order valence-electron chi connectivity index (χ0n) is 13.6. The number of allylic oxidation sites excluding steroid dienone is 1. The van der Waals surface area contributed by atoms with E-state index in [9.17, 15) is 5.11 Å². The molecule has 0 saturated carbocycles. The molecule has 0 heterocycles. The van der Waals surface area contributed by atoms with E-state index in [0.717, 1.165) is 13.0 Å². The first-order valence-electron chi connectivity index (χ1n) is 6.82. The molecular formula is C15H32O2Si. The van der Waals surface area contributed by atoms with Gasteiger partial charge in [0.2, 0.25) is 0 Å². The third-order valence-corrected chi connectivity index (χ3v) is 8.38. The van der Waals surface area contributed by atoms with Crippen LogP contribution in [-0.2, 0) is 4.43 Å². The Labute approximate surface area is 115 Å². The molecule has 0 aromatic heterocycles. The number of rotatable bonds is 6. The van der Waals surface area contributed by atoms with E-state index in [1.165, 1.54) is 5.57 Å². The quantitative estimate of drug-likeness (QED) is 0.575. The van der Waals surface area contributed by atoms with Crippen molar-refractivity contribution in [2.24, 2.45) is 5.41 Å². The van der Waals surface area contributed by atoms with Crippen LogP contribution in [0.2, 0.25) is 18.1 Å². The summed E-state index contributed by atoms with van der Waals surface area (Å²) in [5, 5.41) is 9.48. The maximum absolute atomic E-state index is 9.22. The second kappa shape index (κ2) is 6.35. The molecule has 0 unspecified atom stereocenters. The zero-order valence-corrected chi connectivity index (χ0v) is 14.6. The average molecular weight is 273 g/mol. The van der Waals surface area contributed by atoms with Gasteiger partial charge in [-0.25, -0.2) is 0 Å². The molecule has 0 radical (unpaired) electrons. The van der Waals surface area contributed by atoms with Crippen LogP contribution in [-0.4, -0.2) is 26.6 Å². The molecule has 0 atom stereocenters. The molecule has 0 rings (SSSR count). The molecule has 0 spiro atoms. The molecule has 108 valence electrons. The summed E-state index contributed by atoms with van der Waals surface area (Å²) in [6, 6.07) is 0. The van der Waals surface area contributed by atoms with E-state index in [1.807, 2.05) is 0 Å². The van der Waals surface area contributed by atoms with E-state index in [2.05, 4.69) is 60.7 Å². The van der Waals surface area contributed by atoms with E-state index in [0.29, 0.717) is 0 Å². The highest BCUT2D eigenvalue weighted by molar-refractivity contribution is 6.74. The van der Waals surface area contributed by atoms with Crippen LogP contribution in [0.4, 0.5) is 0 Å². The van der Waals surface area contributed by atoms with E-state index < -0.39 is 8.32 Å². The van der Waals surface area contributed by atoms with Gasteiger partial charge in [-0.15, -0.1) is 0 Å². The highest BCUT2D eigenvalue weighted by Gasteiger charge is 2.36. The molecule has 0 aromatic carbocycles. The first-order valence-corrected chi connectivity index (χ1v) is 9.72. The van der Waals surface area contributed by atoms with Gasteiger partial charge in [0.15, 0.2) is 8.32 Å². The van der Waals surface area contributed by atoms with Crippen molar-refractivity contribution in [3.8, 4) is 0 Å². The van der Waals surface area contributed by atoms with Gasteiger partial charge in [-0.1, -0.05) is 46.3 Å². The van der Waals surface area contributed by atoms with Gasteiger partial charge in [-0.3, -0.25) is 0 Å². The largest absolute Gasteiger partial charge is 0.413 e. The van der Waals surface area contributed by atoms with Crippen LogP contribution in [0.25, 0.3) is 0 Å². The lowest BCUT2D eigenvalue weighted by Gasteiger charge is -2.36. The Bertz CT molecular complexity index is 285. The van der Waals surface area contributed by atoms with Crippen molar-refractivity contribution < 1.29 is 9.53 Å². The average Bonchev–Trinajstić information content (AvgIpc) is 2.22. The van der Waals surface area contributed by atoms with Crippen molar-refractivity contribution in [3.05, 3.63) is 11.6 Å². The molecule has 2 nitrogen and oxygen atoms in total. The molecule has 18 heavy (non-hydrogen) atoms.